The van der Waals surface area contributed by atoms with Crippen molar-refractivity contribution in [3.05, 3.63) is 53.6 Å². The maximum atomic E-state index is 9.66. The molecular weight excluding hydrogens is 276 g/mol. The summed E-state index contributed by atoms with van der Waals surface area (Å²) in [7, 11) is 1.67. The third-order valence-electron chi connectivity index (χ3n) is 4.08. The second kappa shape index (κ2) is 5.76. The largest absolute Gasteiger partial charge is 0.508 e. The van der Waals surface area contributed by atoms with E-state index in [0.717, 1.165) is 29.0 Å². The molecule has 1 aliphatic rings. The van der Waals surface area contributed by atoms with Crippen molar-refractivity contribution in [1.82, 2.24) is 0 Å². The molecule has 1 heterocycles. The summed E-state index contributed by atoms with van der Waals surface area (Å²) in [4.78, 5) is 0. The van der Waals surface area contributed by atoms with Crippen LogP contribution in [0.1, 0.15) is 31.4 Å². The van der Waals surface area contributed by atoms with Crippen LogP contribution in [0.5, 0.6) is 17.2 Å². The number of phenolic OH excluding ortho intramolecular Hbond substituents is 1. The van der Waals surface area contributed by atoms with Crippen LogP contribution in [0.4, 0.5) is 0 Å². The van der Waals surface area contributed by atoms with Gasteiger partial charge in [-0.25, -0.2) is 0 Å². The maximum absolute atomic E-state index is 9.66. The lowest BCUT2D eigenvalue weighted by Crippen LogP contribution is -2.20. The van der Waals surface area contributed by atoms with Crippen LogP contribution in [-0.4, -0.2) is 18.3 Å². The van der Waals surface area contributed by atoms with Gasteiger partial charge in [0.15, 0.2) is 0 Å². The number of ether oxygens (including phenoxy) is 2. The van der Waals surface area contributed by atoms with E-state index < -0.39 is 0 Å². The van der Waals surface area contributed by atoms with Crippen LogP contribution < -0.4 is 9.47 Å². The van der Waals surface area contributed by atoms with Gasteiger partial charge in [0.1, 0.15) is 23.4 Å². The lowest BCUT2D eigenvalue weighted by atomic mass is 9.87. The Morgan fingerprint density at radius 3 is 2.50 bits per heavy atom. The summed E-state index contributed by atoms with van der Waals surface area (Å²) in [5, 5.41) is 9.66. The molecule has 1 N–H and O–H groups in total. The van der Waals surface area contributed by atoms with Gasteiger partial charge in [-0.2, -0.15) is 0 Å². The van der Waals surface area contributed by atoms with E-state index in [4.69, 9.17) is 9.47 Å². The predicted octanol–water partition coefficient (Wildman–Crippen LogP) is 4.50. The van der Waals surface area contributed by atoms with Gasteiger partial charge < -0.3 is 14.6 Å². The van der Waals surface area contributed by atoms with Crippen LogP contribution in [0.15, 0.2) is 42.5 Å². The van der Waals surface area contributed by atoms with Crippen LogP contribution in [0.25, 0.3) is 11.1 Å². The highest BCUT2D eigenvalue weighted by Gasteiger charge is 2.26. The first-order valence-corrected chi connectivity index (χ1v) is 7.51. The minimum Gasteiger partial charge on any atom is -0.508 e. The quantitative estimate of drug-likeness (QED) is 0.906. The van der Waals surface area contributed by atoms with E-state index in [0.29, 0.717) is 0 Å². The van der Waals surface area contributed by atoms with Gasteiger partial charge in [0.25, 0.3) is 0 Å². The lowest BCUT2D eigenvalue weighted by molar-refractivity contribution is 0.272. The van der Waals surface area contributed by atoms with Crippen molar-refractivity contribution in [2.45, 2.75) is 26.4 Å². The first kappa shape index (κ1) is 14.5. The summed E-state index contributed by atoms with van der Waals surface area (Å²) < 4.78 is 11.3. The predicted molar refractivity (Wildman–Crippen MR) is 88.3 cm³/mol. The van der Waals surface area contributed by atoms with Crippen LogP contribution in [-0.2, 0) is 0 Å². The van der Waals surface area contributed by atoms with Gasteiger partial charge in [-0.3, -0.25) is 0 Å². The molecule has 1 unspecified atom stereocenters. The molecule has 2 aromatic carbocycles. The zero-order chi connectivity index (χ0) is 15.7. The molecule has 114 valence electrons. The molecule has 0 aliphatic carbocycles. The van der Waals surface area contributed by atoms with Gasteiger partial charge in [-0.1, -0.05) is 19.1 Å². The number of fused-ring (bicyclic) bond motifs is 1. The molecule has 0 saturated carbocycles. The van der Waals surface area contributed by atoms with Crippen molar-refractivity contribution in [3.63, 3.8) is 0 Å². The number of allylic oxidation sites excluding steroid dienone is 1. The van der Waals surface area contributed by atoms with Crippen molar-refractivity contribution in [2.24, 2.45) is 0 Å². The molecule has 1 atom stereocenters. The molecule has 0 radical (unpaired) electrons. The van der Waals surface area contributed by atoms with Crippen LogP contribution in [0.3, 0.4) is 0 Å². The molecule has 3 rings (SSSR count). The van der Waals surface area contributed by atoms with Crippen LogP contribution in [0, 0.1) is 0 Å². The fourth-order valence-corrected chi connectivity index (χ4v) is 3.06. The Morgan fingerprint density at radius 1 is 1.14 bits per heavy atom. The molecule has 0 bridgehead atoms. The standard InChI is InChI=1S/C19H20O3/c1-4-16-17-10-7-14(20)11-18(17)22-12(2)19(16)13-5-8-15(21-3)9-6-13/h5-12,20H,4H2,1-3H3. The Bertz CT molecular complexity index is 714. The first-order valence-electron chi connectivity index (χ1n) is 7.51. The van der Waals surface area contributed by atoms with E-state index in [9.17, 15) is 5.11 Å². The highest BCUT2D eigenvalue weighted by Crippen LogP contribution is 2.43. The molecule has 0 spiro atoms. The lowest BCUT2D eigenvalue weighted by Gasteiger charge is -2.29. The van der Waals surface area contributed by atoms with E-state index in [1.165, 1.54) is 11.1 Å². The third kappa shape index (κ3) is 2.43. The van der Waals surface area contributed by atoms with Gasteiger partial charge in [0.2, 0.25) is 0 Å². The maximum Gasteiger partial charge on any atom is 0.131 e. The smallest absolute Gasteiger partial charge is 0.131 e. The Morgan fingerprint density at radius 2 is 1.86 bits per heavy atom. The summed E-state index contributed by atoms with van der Waals surface area (Å²) >= 11 is 0. The fourth-order valence-electron chi connectivity index (χ4n) is 3.06. The Balaban J connectivity index is 2.15. The summed E-state index contributed by atoms with van der Waals surface area (Å²) in [6, 6.07) is 13.4. The minimum atomic E-state index is -0.0577. The Labute approximate surface area is 130 Å². The van der Waals surface area contributed by atoms with E-state index >= 15 is 0 Å². The second-order valence-electron chi connectivity index (χ2n) is 5.41. The average molecular weight is 296 g/mol. The molecule has 0 aromatic heterocycles. The van der Waals surface area contributed by atoms with Crippen molar-refractivity contribution >= 4 is 11.1 Å². The molecule has 3 heteroatoms. The molecule has 1 aliphatic heterocycles. The summed E-state index contributed by atoms with van der Waals surface area (Å²) in [5.74, 6) is 1.83. The molecule has 2 aromatic rings. The van der Waals surface area contributed by atoms with Crippen molar-refractivity contribution < 1.29 is 14.6 Å². The zero-order valence-corrected chi connectivity index (χ0v) is 13.1. The van der Waals surface area contributed by atoms with Crippen molar-refractivity contribution in [3.8, 4) is 17.2 Å². The van der Waals surface area contributed by atoms with Crippen LogP contribution in [0.2, 0.25) is 0 Å². The summed E-state index contributed by atoms with van der Waals surface area (Å²) in [6.07, 6.45) is 0.852. The van der Waals surface area contributed by atoms with Crippen LogP contribution >= 0.6 is 0 Å². The van der Waals surface area contributed by atoms with Gasteiger partial charge in [0, 0.05) is 17.2 Å². The third-order valence-corrected chi connectivity index (χ3v) is 4.08. The Kier molecular flexibility index (Phi) is 3.80. The molecule has 0 saturated heterocycles. The number of aromatic hydroxyl groups is 1. The van der Waals surface area contributed by atoms with Gasteiger partial charge in [-0.15, -0.1) is 0 Å². The normalized spacial score (nSPS) is 17.0. The van der Waals surface area contributed by atoms with Gasteiger partial charge in [0.05, 0.1) is 7.11 Å². The topological polar surface area (TPSA) is 38.7 Å². The summed E-state index contributed by atoms with van der Waals surface area (Å²) in [5.41, 5.74) is 4.66. The summed E-state index contributed by atoms with van der Waals surface area (Å²) in [6.45, 7) is 4.19. The van der Waals surface area contributed by atoms with Crippen molar-refractivity contribution in [1.29, 1.82) is 0 Å². The number of benzene rings is 2. The minimum absolute atomic E-state index is 0.0577. The first-order chi connectivity index (χ1) is 10.6. The van der Waals surface area contributed by atoms with E-state index in [-0.39, 0.29) is 11.9 Å². The number of hydrogen-bond donors (Lipinski definition) is 1. The second-order valence-corrected chi connectivity index (χ2v) is 5.41. The molecule has 0 amide bonds. The average Bonchev–Trinajstić information content (AvgIpc) is 2.53. The number of rotatable bonds is 3. The monoisotopic (exact) mass is 296 g/mol. The molecule has 0 fully saturated rings. The molecule has 22 heavy (non-hydrogen) atoms. The van der Waals surface area contributed by atoms with Gasteiger partial charge >= 0.3 is 0 Å². The van der Waals surface area contributed by atoms with Gasteiger partial charge in [-0.05, 0) is 48.7 Å². The zero-order valence-electron chi connectivity index (χ0n) is 13.1. The number of phenols is 1. The van der Waals surface area contributed by atoms with E-state index in [2.05, 4.69) is 19.1 Å². The molecule has 3 nitrogen and oxygen atoms in total. The highest BCUT2D eigenvalue weighted by atomic mass is 16.5. The highest BCUT2D eigenvalue weighted by molar-refractivity contribution is 5.95. The van der Waals surface area contributed by atoms with E-state index in [1.807, 2.05) is 25.1 Å². The van der Waals surface area contributed by atoms with E-state index in [1.54, 1.807) is 19.2 Å². The number of hydrogen-bond acceptors (Lipinski definition) is 3. The molecular formula is C19H20O3. The fraction of sp³-hybridized carbons (Fsp3) is 0.263. The SMILES string of the molecule is CCC1=C(c2ccc(OC)cc2)C(C)Oc2cc(O)ccc21. The Hall–Kier alpha value is -2.42. The van der Waals surface area contributed by atoms with Crippen molar-refractivity contribution in [2.75, 3.05) is 7.11 Å². The number of methoxy groups -OCH3 is 1.